The molecule has 2 N–H and O–H groups in total. The molecule has 8 heteroatoms. The Hall–Kier alpha value is -2.41. The summed E-state index contributed by atoms with van der Waals surface area (Å²) in [5.74, 6) is -0.457. The molecule has 0 unspecified atom stereocenters. The first kappa shape index (κ1) is 19.9. The second-order valence-corrected chi connectivity index (χ2v) is 7.78. The number of halogens is 3. The summed E-state index contributed by atoms with van der Waals surface area (Å²) in [6.45, 7) is 1.73. The molecule has 0 radical (unpaired) electrons. The number of benzene rings is 2. The predicted octanol–water partition coefficient (Wildman–Crippen LogP) is 5.04. The smallest absolute Gasteiger partial charge is 0.259 e. The summed E-state index contributed by atoms with van der Waals surface area (Å²) in [5, 5.41) is 11.5. The van der Waals surface area contributed by atoms with Crippen LogP contribution in [0.3, 0.4) is 0 Å². The van der Waals surface area contributed by atoms with Gasteiger partial charge >= 0.3 is 0 Å². The maximum absolute atomic E-state index is 13.4. The van der Waals surface area contributed by atoms with Gasteiger partial charge in [0.25, 0.3) is 5.91 Å². The first-order chi connectivity index (χ1) is 14.0. The average molecular weight is 433 g/mol. The number of amides is 1. The van der Waals surface area contributed by atoms with E-state index in [2.05, 4.69) is 15.7 Å². The Morgan fingerprint density at radius 1 is 1.14 bits per heavy atom. The molecular formula is C21H19Cl2FN4O. The summed E-state index contributed by atoms with van der Waals surface area (Å²) in [6.07, 6.45) is 3.32. The minimum absolute atomic E-state index is 0.158. The van der Waals surface area contributed by atoms with Gasteiger partial charge in [-0.3, -0.25) is 4.79 Å². The maximum atomic E-state index is 13.4. The number of aromatic nitrogens is 2. The fourth-order valence-corrected chi connectivity index (χ4v) is 4.05. The topological polar surface area (TPSA) is 59.0 Å². The van der Waals surface area contributed by atoms with Gasteiger partial charge in [0.15, 0.2) is 0 Å². The number of piperidine rings is 1. The van der Waals surface area contributed by atoms with Crippen LogP contribution in [0, 0.1) is 5.82 Å². The number of hydrogen-bond acceptors (Lipinski definition) is 3. The van der Waals surface area contributed by atoms with E-state index < -0.39 is 0 Å². The van der Waals surface area contributed by atoms with Crippen LogP contribution in [-0.2, 0) is 0 Å². The van der Waals surface area contributed by atoms with Crippen molar-refractivity contribution in [2.24, 2.45) is 0 Å². The standard InChI is InChI=1S/C21H19Cl2FN4O/c22-14-1-6-19(18(23)11-14)27-21(29)17-12-26-28(16-4-2-15(24)3-5-16)20(17)13-7-9-25-10-8-13/h1-6,11-13,25H,7-10H2,(H,27,29). The van der Waals surface area contributed by atoms with Crippen molar-refractivity contribution in [1.82, 2.24) is 15.1 Å². The summed E-state index contributed by atoms with van der Waals surface area (Å²) in [7, 11) is 0. The van der Waals surface area contributed by atoms with Gasteiger partial charge in [-0.2, -0.15) is 5.10 Å². The van der Waals surface area contributed by atoms with Crippen molar-refractivity contribution in [3.63, 3.8) is 0 Å². The SMILES string of the molecule is O=C(Nc1ccc(Cl)cc1Cl)c1cnn(-c2ccc(F)cc2)c1C1CCNCC1. The Morgan fingerprint density at radius 3 is 2.55 bits per heavy atom. The zero-order chi connectivity index (χ0) is 20.4. The van der Waals surface area contributed by atoms with Crippen LogP contribution in [0.4, 0.5) is 10.1 Å². The highest BCUT2D eigenvalue weighted by Gasteiger charge is 2.27. The molecule has 5 nitrogen and oxygen atoms in total. The molecule has 0 spiro atoms. The molecule has 1 saturated heterocycles. The van der Waals surface area contributed by atoms with Gasteiger partial charge in [0.2, 0.25) is 0 Å². The number of carbonyl (C=O) groups is 1. The van der Waals surface area contributed by atoms with Gasteiger partial charge in [0.1, 0.15) is 5.82 Å². The highest BCUT2D eigenvalue weighted by atomic mass is 35.5. The van der Waals surface area contributed by atoms with Crippen LogP contribution in [0.15, 0.2) is 48.7 Å². The molecule has 1 aliphatic heterocycles. The van der Waals surface area contributed by atoms with E-state index in [0.717, 1.165) is 31.6 Å². The van der Waals surface area contributed by atoms with E-state index in [1.165, 1.54) is 12.1 Å². The molecule has 1 amide bonds. The normalized spacial score (nSPS) is 14.7. The Labute approximate surface area is 177 Å². The lowest BCUT2D eigenvalue weighted by Gasteiger charge is -2.24. The van der Waals surface area contributed by atoms with Gasteiger partial charge in [-0.05, 0) is 68.4 Å². The number of hydrogen-bond donors (Lipinski definition) is 2. The van der Waals surface area contributed by atoms with Crippen molar-refractivity contribution in [2.45, 2.75) is 18.8 Å². The fraction of sp³-hybridized carbons (Fsp3) is 0.238. The predicted molar refractivity (Wildman–Crippen MR) is 113 cm³/mol. The van der Waals surface area contributed by atoms with E-state index in [9.17, 15) is 9.18 Å². The summed E-state index contributed by atoms with van der Waals surface area (Å²) >= 11 is 12.1. The molecule has 2 aromatic carbocycles. The summed E-state index contributed by atoms with van der Waals surface area (Å²) in [6, 6.07) is 11.0. The number of rotatable bonds is 4. The molecular weight excluding hydrogens is 414 g/mol. The first-order valence-corrected chi connectivity index (χ1v) is 10.1. The molecule has 29 heavy (non-hydrogen) atoms. The summed E-state index contributed by atoms with van der Waals surface area (Å²) in [5.41, 5.74) is 2.49. The van der Waals surface area contributed by atoms with Crippen molar-refractivity contribution in [3.8, 4) is 5.69 Å². The van der Waals surface area contributed by atoms with E-state index in [-0.39, 0.29) is 17.6 Å². The zero-order valence-corrected chi connectivity index (χ0v) is 17.0. The molecule has 2 heterocycles. The molecule has 0 bridgehead atoms. The van der Waals surface area contributed by atoms with Crippen LogP contribution < -0.4 is 10.6 Å². The van der Waals surface area contributed by atoms with Crippen molar-refractivity contribution in [1.29, 1.82) is 0 Å². The zero-order valence-electron chi connectivity index (χ0n) is 15.5. The maximum Gasteiger partial charge on any atom is 0.259 e. The quantitative estimate of drug-likeness (QED) is 0.607. The van der Waals surface area contributed by atoms with Crippen LogP contribution in [-0.4, -0.2) is 28.8 Å². The lowest BCUT2D eigenvalue weighted by atomic mass is 9.91. The molecule has 150 valence electrons. The second kappa shape index (κ2) is 8.53. The number of carbonyl (C=O) groups excluding carboxylic acids is 1. The van der Waals surface area contributed by atoms with Gasteiger partial charge in [-0.15, -0.1) is 0 Å². The third-order valence-corrected chi connectivity index (χ3v) is 5.58. The molecule has 0 atom stereocenters. The summed E-state index contributed by atoms with van der Waals surface area (Å²) in [4.78, 5) is 13.1. The van der Waals surface area contributed by atoms with E-state index in [4.69, 9.17) is 23.2 Å². The van der Waals surface area contributed by atoms with Crippen molar-refractivity contribution < 1.29 is 9.18 Å². The van der Waals surface area contributed by atoms with Crippen LogP contribution >= 0.6 is 23.2 Å². The first-order valence-electron chi connectivity index (χ1n) is 9.34. The highest BCUT2D eigenvalue weighted by molar-refractivity contribution is 6.36. The Bertz CT molecular complexity index is 1030. The van der Waals surface area contributed by atoms with Crippen LogP contribution in [0.5, 0.6) is 0 Å². The number of nitrogens with one attached hydrogen (secondary N) is 2. The molecule has 0 aliphatic carbocycles. The van der Waals surface area contributed by atoms with Crippen molar-refractivity contribution >= 4 is 34.8 Å². The Balaban J connectivity index is 1.72. The van der Waals surface area contributed by atoms with E-state index in [1.807, 2.05) is 0 Å². The highest BCUT2D eigenvalue weighted by Crippen LogP contribution is 2.32. The van der Waals surface area contributed by atoms with Crippen molar-refractivity contribution in [3.05, 3.63) is 75.8 Å². The molecule has 0 saturated carbocycles. The van der Waals surface area contributed by atoms with Crippen LogP contribution in [0.2, 0.25) is 10.0 Å². The minimum Gasteiger partial charge on any atom is -0.321 e. The molecule has 1 fully saturated rings. The minimum atomic E-state index is -0.320. The second-order valence-electron chi connectivity index (χ2n) is 6.93. The molecule has 4 rings (SSSR count). The molecule has 3 aromatic rings. The summed E-state index contributed by atoms with van der Waals surface area (Å²) < 4.78 is 15.1. The third-order valence-electron chi connectivity index (χ3n) is 5.03. The molecule has 1 aromatic heterocycles. The molecule has 1 aliphatic rings. The number of anilines is 1. The Kier molecular flexibility index (Phi) is 5.85. The van der Waals surface area contributed by atoms with E-state index in [1.54, 1.807) is 41.2 Å². The monoisotopic (exact) mass is 432 g/mol. The van der Waals surface area contributed by atoms with Gasteiger partial charge in [0.05, 0.1) is 33.9 Å². The van der Waals surface area contributed by atoms with Gasteiger partial charge < -0.3 is 10.6 Å². The van der Waals surface area contributed by atoms with E-state index in [0.29, 0.717) is 27.0 Å². The van der Waals surface area contributed by atoms with E-state index >= 15 is 0 Å². The third kappa shape index (κ3) is 4.29. The largest absolute Gasteiger partial charge is 0.321 e. The van der Waals surface area contributed by atoms with Gasteiger partial charge in [-0.1, -0.05) is 23.2 Å². The Morgan fingerprint density at radius 2 is 1.86 bits per heavy atom. The lowest BCUT2D eigenvalue weighted by molar-refractivity contribution is 0.102. The van der Waals surface area contributed by atoms with Crippen LogP contribution in [0.1, 0.15) is 34.8 Å². The van der Waals surface area contributed by atoms with Gasteiger partial charge in [-0.25, -0.2) is 9.07 Å². The number of nitrogens with zero attached hydrogens (tertiary/aromatic N) is 2. The van der Waals surface area contributed by atoms with Gasteiger partial charge in [0, 0.05) is 10.9 Å². The lowest BCUT2D eigenvalue weighted by Crippen LogP contribution is -2.29. The fourth-order valence-electron chi connectivity index (χ4n) is 3.59. The average Bonchev–Trinajstić information content (AvgIpc) is 3.16. The van der Waals surface area contributed by atoms with Crippen molar-refractivity contribution in [2.75, 3.05) is 18.4 Å². The van der Waals surface area contributed by atoms with Crippen LogP contribution in [0.25, 0.3) is 5.69 Å².